The number of aliphatic hydroxyl groups excluding tert-OH is 1. The van der Waals surface area contributed by atoms with Crippen molar-refractivity contribution in [1.82, 2.24) is 4.98 Å². The minimum Gasteiger partial charge on any atom is -0.395 e. The molecule has 1 heterocycles. The first-order valence-corrected chi connectivity index (χ1v) is 4.60. The summed E-state index contributed by atoms with van der Waals surface area (Å²) >= 11 is 0. The smallest absolute Gasteiger partial charge is 0.152 e. The lowest BCUT2D eigenvalue weighted by molar-refractivity contribution is 0.201. The monoisotopic (exact) mass is 206 g/mol. The minimum atomic E-state index is -0.470. The highest BCUT2D eigenvalue weighted by atomic mass is 16.3. The van der Waals surface area contributed by atoms with Gasteiger partial charge in [-0.25, -0.2) is 4.98 Å². The van der Waals surface area contributed by atoms with Gasteiger partial charge in [-0.2, -0.15) is 5.26 Å². The number of pyridine rings is 1. The third kappa shape index (κ3) is 2.58. The molecular weight excluding hydrogens is 192 g/mol. The van der Waals surface area contributed by atoms with Gasteiger partial charge in [0, 0.05) is 19.8 Å². The molecular formula is C10H14N4O. The van der Waals surface area contributed by atoms with Gasteiger partial charge < -0.3 is 15.7 Å². The zero-order chi connectivity index (χ0) is 11.4. The van der Waals surface area contributed by atoms with Crippen LogP contribution in [-0.4, -0.2) is 29.8 Å². The van der Waals surface area contributed by atoms with Crippen LogP contribution in [0.1, 0.15) is 12.5 Å². The molecule has 1 rings (SSSR count). The van der Waals surface area contributed by atoms with Crippen LogP contribution in [0.25, 0.3) is 0 Å². The second-order valence-electron chi connectivity index (χ2n) is 3.44. The molecule has 0 aliphatic carbocycles. The van der Waals surface area contributed by atoms with Crippen molar-refractivity contribution < 1.29 is 5.11 Å². The van der Waals surface area contributed by atoms with E-state index in [0.717, 1.165) is 0 Å². The molecule has 1 unspecified atom stereocenters. The number of aromatic nitrogens is 1. The summed E-state index contributed by atoms with van der Waals surface area (Å²) in [5.41, 5.74) is 6.51. The van der Waals surface area contributed by atoms with Crippen LogP contribution < -0.4 is 10.6 Å². The Labute approximate surface area is 88.8 Å². The van der Waals surface area contributed by atoms with E-state index in [4.69, 9.17) is 11.0 Å². The van der Waals surface area contributed by atoms with Crippen LogP contribution in [-0.2, 0) is 0 Å². The van der Waals surface area contributed by atoms with Gasteiger partial charge in [0.1, 0.15) is 6.07 Å². The summed E-state index contributed by atoms with van der Waals surface area (Å²) in [7, 11) is 1.77. The number of hydrogen-bond donors (Lipinski definition) is 2. The van der Waals surface area contributed by atoms with E-state index < -0.39 is 6.10 Å². The number of nitrogen functional groups attached to an aromatic ring is 1. The predicted molar refractivity (Wildman–Crippen MR) is 58.3 cm³/mol. The summed E-state index contributed by atoms with van der Waals surface area (Å²) < 4.78 is 0. The number of aliphatic hydroxyl groups is 1. The standard InChI is InChI=1S/C10H14N4O/c1-7(15)6-14(2)10-9(12)8(5-11)3-4-13-10/h3-4,7,15H,6,12H2,1-2H3. The van der Waals surface area contributed by atoms with Gasteiger partial charge in [0.15, 0.2) is 5.82 Å². The first kappa shape index (κ1) is 11.3. The van der Waals surface area contributed by atoms with Crippen LogP contribution in [0.15, 0.2) is 12.3 Å². The predicted octanol–water partition coefficient (Wildman–Crippen LogP) is 0.352. The lowest BCUT2D eigenvalue weighted by atomic mass is 10.2. The highest BCUT2D eigenvalue weighted by molar-refractivity contribution is 5.69. The molecule has 0 aliphatic rings. The van der Waals surface area contributed by atoms with Crippen LogP contribution in [0.2, 0.25) is 0 Å². The summed E-state index contributed by atoms with van der Waals surface area (Å²) in [4.78, 5) is 5.80. The number of anilines is 2. The molecule has 0 amide bonds. The fraction of sp³-hybridized carbons (Fsp3) is 0.400. The summed E-state index contributed by atoms with van der Waals surface area (Å²) in [5.74, 6) is 0.523. The van der Waals surface area contributed by atoms with E-state index in [1.165, 1.54) is 6.20 Å². The number of nitrogens with zero attached hydrogens (tertiary/aromatic N) is 3. The molecule has 80 valence electrons. The zero-order valence-electron chi connectivity index (χ0n) is 8.81. The molecule has 3 N–H and O–H groups in total. The van der Waals surface area contributed by atoms with Crippen LogP contribution in [0.3, 0.4) is 0 Å². The molecule has 0 saturated carbocycles. The molecule has 0 radical (unpaired) electrons. The summed E-state index contributed by atoms with van der Waals surface area (Å²) in [6, 6.07) is 3.55. The lowest BCUT2D eigenvalue weighted by Gasteiger charge is -2.21. The Morgan fingerprint density at radius 2 is 2.40 bits per heavy atom. The molecule has 0 aromatic carbocycles. The average Bonchev–Trinajstić information content (AvgIpc) is 2.17. The van der Waals surface area contributed by atoms with Crippen LogP contribution >= 0.6 is 0 Å². The van der Waals surface area contributed by atoms with Crippen LogP contribution in [0.5, 0.6) is 0 Å². The van der Waals surface area contributed by atoms with Gasteiger partial charge in [-0.3, -0.25) is 0 Å². The van der Waals surface area contributed by atoms with Gasteiger partial charge in [0.25, 0.3) is 0 Å². The second kappa shape index (κ2) is 4.62. The van der Waals surface area contributed by atoms with Gasteiger partial charge in [0.2, 0.25) is 0 Å². The van der Waals surface area contributed by atoms with E-state index >= 15 is 0 Å². The highest BCUT2D eigenvalue weighted by Gasteiger charge is 2.11. The van der Waals surface area contributed by atoms with Crippen LogP contribution in [0, 0.1) is 11.3 Å². The first-order chi connectivity index (χ1) is 7.06. The van der Waals surface area contributed by atoms with E-state index in [0.29, 0.717) is 23.6 Å². The average molecular weight is 206 g/mol. The van der Waals surface area contributed by atoms with Gasteiger partial charge in [-0.1, -0.05) is 0 Å². The Kier molecular flexibility index (Phi) is 3.47. The Hall–Kier alpha value is -1.80. The van der Waals surface area contributed by atoms with E-state index in [2.05, 4.69) is 4.98 Å². The first-order valence-electron chi connectivity index (χ1n) is 4.60. The fourth-order valence-corrected chi connectivity index (χ4v) is 1.35. The topological polar surface area (TPSA) is 86.2 Å². The maximum atomic E-state index is 9.23. The third-order valence-corrected chi connectivity index (χ3v) is 1.99. The van der Waals surface area contributed by atoms with E-state index in [1.807, 2.05) is 6.07 Å². The Morgan fingerprint density at radius 1 is 1.73 bits per heavy atom. The summed E-state index contributed by atoms with van der Waals surface area (Å²) in [6.45, 7) is 2.10. The maximum Gasteiger partial charge on any atom is 0.152 e. The normalized spacial score (nSPS) is 11.9. The lowest BCUT2D eigenvalue weighted by Crippen LogP contribution is -2.28. The van der Waals surface area contributed by atoms with Crippen molar-refractivity contribution in [2.45, 2.75) is 13.0 Å². The summed E-state index contributed by atoms with van der Waals surface area (Å²) in [5, 5.41) is 18.0. The van der Waals surface area contributed by atoms with Crippen molar-refractivity contribution in [3.8, 4) is 6.07 Å². The molecule has 5 heteroatoms. The Morgan fingerprint density at radius 3 is 2.93 bits per heavy atom. The quantitative estimate of drug-likeness (QED) is 0.745. The van der Waals surface area contributed by atoms with Crippen molar-refractivity contribution >= 4 is 11.5 Å². The van der Waals surface area contributed by atoms with Gasteiger partial charge in [0.05, 0.1) is 17.4 Å². The molecule has 1 aromatic rings. The maximum absolute atomic E-state index is 9.23. The van der Waals surface area contributed by atoms with Gasteiger partial charge in [-0.05, 0) is 13.0 Å². The van der Waals surface area contributed by atoms with Gasteiger partial charge in [-0.15, -0.1) is 0 Å². The third-order valence-electron chi connectivity index (χ3n) is 1.99. The number of nitrogens with two attached hydrogens (primary N) is 1. The van der Waals surface area contributed by atoms with Crippen molar-refractivity contribution in [2.24, 2.45) is 0 Å². The fourth-order valence-electron chi connectivity index (χ4n) is 1.35. The molecule has 0 bridgehead atoms. The van der Waals surface area contributed by atoms with E-state index in [-0.39, 0.29) is 0 Å². The molecule has 1 atom stereocenters. The number of rotatable bonds is 3. The minimum absolute atomic E-state index is 0.350. The molecule has 15 heavy (non-hydrogen) atoms. The molecule has 0 spiro atoms. The van der Waals surface area contributed by atoms with Crippen molar-refractivity contribution in [3.05, 3.63) is 17.8 Å². The van der Waals surface area contributed by atoms with Crippen molar-refractivity contribution in [1.29, 1.82) is 5.26 Å². The molecule has 1 aromatic heterocycles. The Bertz CT molecular complexity index is 383. The number of nitriles is 1. The molecule has 0 aliphatic heterocycles. The summed E-state index contributed by atoms with van der Waals surface area (Å²) in [6.07, 6.45) is 1.06. The second-order valence-corrected chi connectivity index (χ2v) is 3.44. The van der Waals surface area contributed by atoms with Crippen molar-refractivity contribution in [3.63, 3.8) is 0 Å². The molecule has 0 fully saturated rings. The van der Waals surface area contributed by atoms with Gasteiger partial charge >= 0.3 is 0 Å². The van der Waals surface area contributed by atoms with E-state index in [9.17, 15) is 5.11 Å². The van der Waals surface area contributed by atoms with Crippen molar-refractivity contribution in [2.75, 3.05) is 24.2 Å². The zero-order valence-corrected chi connectivity index (χ0v) is 8.81. The number of likely N-dealkylation sites (N-methyl/N-ethyl adjacent to an activating group) is 1. The van der Waals surface area contributed by atoms with E-state index in [1.54, 1.807) is 24.9 Å². The van der Waals surface area contributed by atoms with Crippen LogP contribution in [0.4, 0.5) is 11.5 Å². The largest absolute Gasteiger partial charge is 0.395 e. The molecule has 0 saturated heterocycles. The highest BCUT2D eigenvalue weighted by Crippen LogP contribution is 2.22. The SMILES string of the molecule is CC(O)CN(C)c1nccc(C#N)c1N. The molecule has 5 nitrogen and oxygen atoms in total. The number of hydrogen-bond acceptors (Lipinski definition) is 5. The Balaban J connectivity index is 3.00.